The first-order chi connectivity index (χ1) is 10.9. The molecule has 0 saturated heterocycles. The van der Waals surface area contributed by atoms with Crippen LogP contribution in [0.25, 0.3) is 0 Å². The van der Waals surface area contributed by atoms with Crippen molar-refractivity contribution in [1.29, 1.82) is 0 Å². The molecule has 0 unspecified atom stereocenters. The van der Waals surface area contributed by atoms with Crippen molar-refractivity contribution in [3.8, 4) is 0 Å². The molecule has 0 aliphatic heterocycles. The highest BCUT2D eigenvalue weighted by molar-refractivity contribution is 14.1. The van der Waals surface area contributed by atoms with Crippen LogP contribution in [-0.2, 0) is 9.47 Å². The number of alkyl halides is 1. The molecule has 134 valence electrons. The Labute approximate surface area is 153 Å². The summed E-state index contributed by atoms with van der Waals surface area (Å²) < 4.78 is 12.0. The molecule has 3 heteroatoms. The van der Waals surface area contributed by atoms with Gasteiger partial charge in [0.2, 0.25) is 0 Å². The molecule has 0 aromatic rings. The molecule has 0 amide bonds. The van der Waals surface area contributed by atoms with Gasteiger partial charge in [-0.3, -0.25) is 0 Å². The zero-order valence-corrected chi connectivity index (χ0v) is 17.1. The van der Waals surface area contributed by atoms with Gasteiger partial charge in [0.1, 0.15) is 0 Å². The molecule has 0 heterocycles. The van der Waals surface area contributed by atoms with Gasteiger partial charge < -0.3 is 9.47 Å². The van der Waals surface area contributed by atoms with Crippen molar-refractivity contribution in [1.82, 2.24) is 0 Å². The zero-order valence-electron chi connectivity index (χ0n) is 14.9. The zero-order chi connectivity index (χ0) is 16.1. The van der Waals surface area contributed by atoms with Crippen LogP contribution < -0.4 is 0 Å². The number of halogens is 1. The van der Waals surface area contributed by atoms with Crippen molar-refractivity contribution < 1.29 is 9.47 Å². The molecule has 0 fully saturated rings. The normalized spacial score (nSPS) is 11.2. The molecule has 0 aromatic carbocycles. The number of ether oxygens (including phenoxy) is 2. The molecule has 0 atom stereocenters. The first kappa shape index (κ1) is 22.6. The first-order valence-corrected chi connectivity index (χ1v) is 11.2. The number of hydrogen-bond acceptors (Lipinski definition) is 2. The summed E-state index contributed by atoms with van der Waals surface area (Å²) in [5.74, 6) is 0. The van der Waals surface area contributed by atoms with Gasteiger partial charge in [0.15, 0.2) is 0 Å². The van der Waals surface area contributed by atoms with E-state index >= 15 is 0 Å². The van der Waals surface area contributed by atoms with E-state index in [1.54, 1.807) is 0 Å². The summed E-state index contributed by atoms with van der Waals surface area (Å²) in [6.07, 6.45) is 18.3. The number of rotatable bonds is 19. The Bertz CT molecular complexity index is 168. The lowest BCUT2D eigenvalue weighted by Gasteiger charge is -2.05. The molecular formula is C19H39IO2. The summed E-state index contributed by atoms with van der Waals surface area (Å²) in [4.78, 5) is 0. The van der Waals surface area contributed by atoms with Crippen molar-refractivity contribution >= 4 is 22.6 Å². The third kappa shape index (κ3) is 20.6. The molecule has 0 saturated carbocycles. The Morgan fingerprint density at radius 3 is 1.36 bits per heavy atom. The van der Waals surface area contributed by atoms with Gasteiger partial charge in [0, 0.05) is 11.0 Å². The van der Waals surface area contributed by atoms with Crippen LogP contribution >= 0.6 is 22.6 Å². The van der Waals surface area contributed by atoms with Gasteiger partial charge in [-0.15, -0.1) is 0 Å². The minimum Gasteiger partial charge on any atom is -0.379 e. The minimum absolute atomic E-state index is 0.751. The van der Waals surface area contributed by atoms with Crippen LogP contribution in [0.5, 0.6) is 0 Å². The fourth-order valence-electron chi connectivity index (χ4n) is 2.60. The van der Waals surface area contributed by atoms with E-state index in [2.05, 4.69) is 29.5 Å². The summed E-state index contributed by atoms with van der Waals surface area (Å²) in [6, 6.07) is 0. The van der Waals surface area contributed by atoms with E-state index in [4.69, 9.17) is 9.47 Å². The summed E-state index contributed by atoms with van der Waals surface area (Å²) >= 11 is 2.33. The highest BCUT2D eigenvalue weighted by atomic mass is 127. The average Bonchev–Trinajstić information content (AvgIpc) is 2.54. The van der Waals surface area contributed by atoms with Gasteiger partial charge >= 0.3 is 0 Å². The van der Waals surface area contributed by atoms with E-state index in [9.17, 15) is 0 Å². The van der Waals surface area contributed by atoms with Crippen molar-refractivity contribution in [3.63, 3.8) is 0 Å². The summed E-state index contributed by atoms with van der Waals surface area (Å²) in [5.41, 5.74) is 0. The second-order valence-corrected chi connectivity index (χ2v) is 7.24. The molecular weight excluding hydrogens is 387 g/mol. The molecule has 0 N–H and O–H groups in total. The van der Waals surface area contributed by atoms with E-state index in [-0.39, 0.29) is 0 Å². The fraction of sp³-hybridized carbons (Fsp3) is 1.00. The average molecular weight is 426 g/mol. The van der Waals surface area contributed by atoms with Gasteiger partial charge in [-0.2, -0.15) is 0 Å². The number of hydrogen-bond donors (Lipinski definition) is 0. The summed E-state index contributed by atoms with van der Waals surface area (Å²) in [5, 5.41) is 0. The Hall–Kier alpha value is 0.650. The SMILES string of the molecule is CCCCCCCCCCCCCCCOCCOCCI. The highest BCUT2D eigenvalue weighted by Gasteiger charge is 1.94. The van der Waals surface area contributed by atoms with E-state index in [1.165, 1.54) is 83.5 Å². The largest absolute Gasteiger partial charge is 0.379 e. The molecule has 0 aliphatic rings. The lowest BCUT2D eigenvalue weighted by molar-refractivity contribution is 0.0527. The monoisotopic (exact) mass is 426 g/mol. The molecule has 22 heavy (non-hydrogen) atoms. The van der Waals surface area contributed by atoms with Gasteiger partial charge in [-0.1, -0.05) is 107 Å². The second kappa shape index (κ2) is 21.6. The lowest BCUT2D eigenvalue weighted by Crippen LogP contribution is -2.06. The summed E-state index contributed by atoms with van der Waals surface area (Å²) in [6.45, 7) is 5.55. The maximum absolute atomic E-state index is 5.55. The van der Waals surface area contributed by atoms with E-state index in [1.807, 2.05) is 0 Å². The topological polar surface area (TPSA) is 18.5 Å². The lowest BCUT2D eigenvalue weighted by atomic mass is 10.0. The van der Waals surface area contributed by atoms with E-state index in [0.717, 1.165) is 30.9 Å². The quantitative estimate of drug-likeness (QED) is 0.133. The molecule has 0 spiro atoms. The van der Waals surface area contributed by atoms with Crippen molar-refractivity contribution in [2.75, 3.05) is 30.9 Å². The van der Waals surface area contributed by atoms with Gasteiger partial charge in [0.05, 0.1) is 19.8 Å². The Morgan fingerprint density at radius 1 is 0.500 bits per heavy atom. The minimum atomic E-state index is 0.751. The van der Waals surface area contributed by atoms with E-state index < -0.39 is 0 Å². The van der Waals surface area contributed by atoms with Crippen LogP contribution in [0.15, 0.2) is 0 Å². The van der Waals surface area contributed by atoms with E-state index in [0.29, 0.717) is 0 Å². The first-order valence-electron chi connectivity index (χ1n) is 9.63. The molecule has 0 bridgehead atoms. The van der Waals surface area contributed by atoms with Crippen molar-refractivity contribution in [3.05, 3.63) is 0 Å². The van der Waals surface area contributed by atoms with Crippen molar-refractivity contribution in [2.24, 2.45) is 0 Å². The molecule has 0 radical (unpaired) electrons. The molecule has 0 aliphatic carbocycles. The maximum atomic E-state index is 5.55. The third-order valence-electron chi connectivity index (χ3n) is 3.99. The molecule has 2 nitrogen and oxygen atoms in total. The Balaban J connectivity index is 2.91. The van der Waals surface area contributed by atoms with Gasteiger partial charge in [-0.05, 0) is 6.42 Å². The second-order valence-electron chi connectivity index (χ2n) is 6.16. The fourth-order valence-corrected chi connectivity index (χ4v) is 2.91. The molecule has 0 rings (SSSR count). The van der Waals surface area contributed by atoms with Crippen LogP contribution in [0.4, 0.5) is 0 Å². The Morgan fingerprint density at radius 2 is 0.909 bits per heavy atom. The van der Waals surface area contributed by atoms with Crippen LogP contribution in [0.3, 0.4) is 0 Å². The standard InChI is InChI=1S/C19H39IO2/c1-2-3-4-5-6-7-8-9-10-11-12-13-14-16-21-18-19-22-17-15-20/h2-19H2,1H3. The molecule has 0 aromatic heterocycles. The van der Waals surface area contributed by atoms with Crippen LogP contribution in [0.1, 0.15) is 90.4 Å². The number of unbranched alkanes of at least 4 members (excludes halogenated alkanes) is 12. The van der Waals surface area contributed by atoms with Gasteiger partial charge in [-0.25, -0.2) is 0 Å². The maximum Gasteiger partial charge on any atom is 0.0700 e. The predicted octanol–water partition coefficient (Wildman–Crippen LogP) is 6.55. The van der Waals surface area contributed by atoms with Crippen molar-refractivity contribution in [2.45, 2.75) is 90.4 Å². The Kier molecular flexibility index (Phi) is 22.3. The predicted molar refractivity (Wildman–Crippen MR) is 106 cm³/mol. The van der Waals surface area contributed by atoms with Crippen LogP contribution in [-0.4, -0.2) is 30.9 Å². The van der Waals surface area contributed by atoms with Gasteiger partial charge in [0.25, 0.3) is 0 Å². The summed E-state index contributed by atoms with van der Waals surface area (Å²) in [7, 11) is 0. The van der Waals surface area contributed by atoms with Crippen LogP contribution in [0.2, 0.25) is 0 Å². The third-order valence-corrected chi connectivity index (χ3v) is 4.43. The smallest absolute Gasteiger partial charge is 0.0700 e. The van der Waals surface area contributed by atoms with Crippen LogP contribution in [0, 0.1) is 0 Å². The highest BCUT2D eigenvalue weighted by Crippen LogP contribution is 2.12.